The van der Waals surface area contributed by atoms with E-state index in [1.54, 1.807) is 7.11 Å². The van der Waals surface area contributed by atoms with Crippen molar-refractivity contribution in [3.63, 3.8) is 0 Å². The molecule has 0 aliphatic carbocycles. The Morgan fingerprint density at radius 2 is 1.81 bits per heavy atom. The number of rotatable bonds is 6. The summed E-state index contributed by atoms with van der Waals surface area (Å²) in [7, 11) is 1.66. The van der Waals surface area contributed by atoms with Crippen molar-refractivity contribution >= 4 is 5.97 Å². The highest BCUT2D eigenvalue weighted by molar-refractivity contribution is 5.74. The molecule has 0 fully saturated rings. The molecule has 1 aromatic rings. The first-order chi connectivity index (χ1) is 9.31. The standard InChI is InChI=1S/C16H25NO3.ClH/c1-16(2,3)20-15(18)14(17)7-5-6-12-8-10-13(19-4)11-9-12;/h8-11,14H,5-7,17H2,1-4H3;1H/t14-;/m0./s1. The van der Waals surface area contributed by atoms with Crippen molar-refractivity contribution in [2.45, 2.75) is 51.7 Å². The van der Waals surface area contributed by atoms with E-state index < -0.39 is 5.60 Å². The summed E-state index contributed by atoms with van der Waals surface area (Å²) in [5, 5.41) is 0. The SMILES string of the molecule is COc1ccc(CCC[C@H]([NH3+])C(=O)OC(C)(C)C)cc1.[Cl-]. The van der Waals surface area contributed by atoms with Crippen LogP contribution < -0.4 is 22.9 Å². The average Bonchev–Trinajstić information content (AvgIpc) is 2.37. The van der Waals surface area contributed by atoms with Crippen LogP contribution in [0.2, 0.25) is 0 Å². The molecular weight excluding hydrogens is 290 g/mol. The van der Waals surface area contributed by atoms with Gasteiger partial charge in [0.05, 0.1) is 7.11 Å². The summed E-state index contributed by atoms with van der Waals surface area (Å²) < 4.78 is 10.4. The van der Waals surface area contributed by atoms with Crippen molar-refractivity contribution in [1.82, 2.24) is 0 Å². The van der Waals surface area contributed by atoms with Gasteiger partial charge in [-0.25, -0.2) is 4.79 Å². The Hall–Kier alpha value is -1.26. The Labute approximate surface area is 133 Å². The molecule has 120 valence electrons. The first-order valence-corrected chi connectivity index (χ1v) is 7.00. The molecule has 0 aromatic heterocycles. The van der Waals surface area contributed by atoms with Crippen molar-refractivity contribution in [3.05, 3.63) is 29.8 Å². The van der Waals surface area contributed by atoms with Crippen molar-refractivity contribution in [3.8, 4) is 5.75 Å². The van der Waals surface area contributed by atoms with Crippen LogP contribution in [0.3, 0.4) is 0 Å². The summed E-state index contributed by atoms with van der Waals surface area (Å²) in [6.07, 6.45) is 2.58. The van der Waals surface area contributed by atoms with E-state index in [1.807, 2.05) is 45.0 Å². The lowest BCUT2D eigenvalue weighted by atomic mass is 10.0. The zero-order valence-electron chi connectivity index (χ0n) is 13.3. The minimum Gasteiger partial charge on any atom is -1.00 e. The maximum atomic E-state index is 11.8. The first-order valence-electron chi connectivity index (χ1n) is 7.00. The summed E-state index contributed by atoms with van der Waals surface area (Å²) in [5.41, 5.74) is 4.68. The number of halogens is 1. The molecule has 0 saturated carbocycles. The van der Waals surface area contributed by atoms with Gasteiger partial charge in [-0.2, -0.15) is 0 Å². The predicted octanol–water partition coefficient (Wildman–Crippen LogP) is -1.03. The van der Waals surface area contributed by atoms with Crippen molar-refractivity contribution in [1.29, 1.82) is 0 Å². The van der Waals surface area contributed by atoms with Gasteiger partial charge < -0.3 is 27.6 Å². The van der Waals surface area contributed by atoms with Crippen LogP contribution in [0.15, 0.2) is 24.3 Å². The molecule has 3 N–H and O–H groups in total. The Kier molecular flexibility index (Phi) is 8.37. The number of methoxy groups -OCH3 is 1. The lowest BCUT2D eigenvalue weighted by Gasteiger charge is -2.20. The number of quaternary nitrogens is 1. The molecule has 4 nitrogen and oxygen atoms in total. The molecule has 0 unspecified atom stereocenters. The van der Waals surface area contributed by atoms with E-state index in [0.29, 0.717) is 0 Å². The molecule has 21 heavy (non-hydrogen) atoms. The van der Waals surface area contributed by atoms with Crippen LogP contribution in [0.4, 0.5) is 0 Å². The molecule has 0 aliphatic rings. The lowest BCUT2D eigenvalue weighted by Crippen LogP contribution is -3.00. The molecule has 0 heterocycles. The number of aryl methyl sites for hydroxylation is 1. The van der Waals surface area contributed by atoms with Gasteiger partial charge in [0.15, 0.2) is 6.04 Å². The number of esters is 1. The van der Waals surface area contributed by atoms with E-state index in [-0.39, 0.29) is 24.4 Å². The number of ether oxygens (including phenoxy) is 2. The van der Waals surface area contributed by atoms with Gasteiger partial charge in [-0.15, -0.1) is 0 Å². The Balaban J connectivity index is 0.00000400. The summed E-state index contributed by atoms with van der Waals surface area (Å²) in [4.78, 5) is 11.8. The molecule has 5 heteroatoms. The maximum absolute atomic E-state index is 11.8. The molecule has 0 saturated heterocycles. The summed E-state index contributed by atoms with van der Waals surface area (Å²) >= 11 is 0. The van der Waals surface area contributed by atoms with Gasteiger partial charge in [-0.1, -0.05) is 12.1 Å². The van der Waals surface area contributed by atoms with Crippen LogP contribution in [0.5, 0.6) is 5.75 Å². The first kappa shape index (κ1) is 19.7. The van der Waals surface area contributed by atoms with Crippen molar-refractivity contribution in [2.24, 2.45) is 0 Å². The molecule has 1 aromatic carbocycles. The maximum Gasteiger partial charge on any atom is 0.365 e. The highest BCUT2D eigenvalue weighted by Crippen LogP contribution is 2.14. The van der Waals surface area contributed by atoms with Gasteiger partial charge in [-0.05, 0) is 51.3 Å². The Bertz CT molecular complexity index is 426. The predicted molar refractivity (Wildman–Crippen MR) is 78.5 cm³/mol. The summed E-state index contributed by atoms with van der Waals surface area (Å²) in [5.74, 6) is 0.643. The summed E-state index contributed by atoms with van der Waals surface area (Å²) in [6, 6.07) is 7.69. The molecule has 1 atom stereocenters. The highest BCUT2D eigenvalue weighted by Gasteiger charge is 2.24. The van der Waals surface area contributed by atoms with Crippen molar-refractivity contribution < 1.29 is 32.4 Å². The molecule has 0 radical (unpaired) electrons. The van der Waals surface area contributed by atoms with E-state index in [0.717, 1.165) is 25.0 Å². The highest BCUT2D eigenvalue weighted by atomic mass is 35.5. The molecular formula is C16H26ClNO3. The second-order valence-electron chi connectivity index (χ2n) is 5.97. The molecule has 1 rings (SSSR count). The van der Waals surface area contributed by atoms with Crippen LogP contribution in [0, 0.1) is 0 Å². The van der Waals surface area contributed by atoms with Crippen LogP contribution in [0.1, 0.15) is 39.2 Å². The molecule has 0 spiro atoms. The fourth-order valence-corrected chi connectivity index (χ4v) is 1.85. The van der Waals surface area contributed by atoms with Gasteiger partial charge in [0, 0.05) is 6.42 Å². The number of benzene rings is 1. The number of carbonyl (C=O) groups excluding carboxylic acids is 1. The van der Waals surface area contributed by atoms with E-state index in [1.165, 1.54) is 5.56 Å². The number of hydrogen-bond donors (Lipinski definition) is 1. The van der Waals surface area contributed by atoms with E-state index in [4.69, 9.17) is 9.47 Å². The van der Waals surface area contributed by atoms with Crippen LogP contribution in [0.25, 0.3) is 0 Å². The third-order valence-corrected chi connectivity index (χ3v) is 2.92. The summed E-state index contributed by atoms with van der Waals surface area (Å²) in [6.45, 7) is 5.61. The monoisotopic (exact) mass is 315 g/mol. The Morgan fingerprint density at radius 1 is 1.24 bits per heavy atom. The van der Waals surface area contributed by atoms with Gasteiger partial charge in [0.2, 0.25) is 0 Å². The van der Waals surface area contributed by atoms with E-state index in [9.17, 15) is 4.79 Å². The number of hydrogen-bond acceptors (Lipinski definition) is 3. The quantitative estimate of drug-likeness (QED) is 0.683. The molecule has 0 aliphatic heterocycles. The van der Waals surface area contributed by atoms with E-state index in [2.05, 4.69) is 5.73 Å². The topological polar surface area (TPSA) is 63.2 Å². The number of carbonyl (C=O) groups is 1. The fourth-order valence-electron chi connectivity index (χ4n) is 1.85. The second-order valence-corrected chi connectivity index (χ2v) is 5.97. The third kappa shape index (κ3) is 7.93. The lowest BCUT2D eigenvalue weighted by molar-refractivity contribution is -0.411. The smallest absolute Gasteiger partial charge is 0.365 e. The van der Waals surface area contributed by atoms with Gasteiger partial charge >= 0.3 is 5.97 Å². The van der Waals surface area contributed by atoms with Gasteiger partial charge in [0.1, 0.15) is 11.4 Å². The van der Waals surface area contributed by atoms with Crippen LogP contribution >= 0.6 is 0 Å². The second kappa shape index (κ2) is 8.90. The Morgan fingerprint density at radius 3 is 2.29 bits per heavy atom. The zero-order chi connectivity index (χ0) is 15.2. The van der Waals surface area contributed by atoms with Crippen LogP contribution in [-0.2, 0) is 16.0 Å². The third-order valence-electron chi connectivity index (χ3n) is 2.92. The van der Waals surface area contributed by atoms with Gasteiger partial charge in [-0.3, -0.25) is 0 Å². The average molecular weight is 316 g/mol. The largest absolute Gasteiger partial charge is 1.00 e. The normalized spacial score (nSPS) is 12.2. The fraction of sp³-hybridized carbons (Fsp3) is 0.562. The van der Waals surface area contributed by atoms with Gasteiger partial charge in [0.25, 0.3) is 0 Å². The van der Waals surface area contributed by atoms with Crippen molar-refractivity contribution in [2.75, 3.05) is 7.11 Å². The van der Waals surface area contributed by atoms with Crippen LogP contribution in [-0.4, -0.2) is 24.7 Å². The molecule has 0 amide bonds. The minimum atomic E-state index is -0.441. The zero-order valence-corrected chi connectivity index (χ0v) is 14.1. The van der Waals surface area contributed by atoms with E-state index >= 15 is 0 Å². The minimum absolute atomic E-state index is 0. The molecule has 0 bridgehead atoms.